The minimum absolute atomic E-state index is 0.700. The summed E-state index contributed by atoms with van der Waals surface area (Å²) in [4.78, 5) is 2.82. The van der Waals surface area contributed by atoms with Crippen LogP contribution >= 0.6 is 0 Å². The summed E-state index contributed by atoms with van der Waals surface area (Å²) >= 11 is 0. The molecule has 3 heterocycles. The maximum atomic E-state index is 2.82. The molecule has 3 aliphatic heterocycles. The molecule has 5 rings (SSSR count). The van der Waals surface area contributed by atoms with Crippen LogP contribution in [-0.4, -0.2) is 17.0 Å². The number of fused-ring (bicyclic) bond motifs is 2. The fourth-order valence-corrected chi connectivity index (χ4v) is 5.34. The molecule has 0 saturated carbocycles. The minimum atomic E-state index is 0.700. The van der Waals surface area contributed by atoms with Crippen LogP contribution in [0.15, 0.2) is 48.5 Å². The van der Waals surface area contributed by atoms with Crippen LogP contribution in [0.4, 0.5) is 0 Å². The van der Waals surface area contributed by atoms with Gasteiger partial charge in [-0.1, -0.05) is 54.1 Å². The Kier molecular flexibility index (Phi) is 2.75. The van der Waals surface area contributed by atoms with Crippen LogP contribution in [-0.2, 0) is 6.54 Å². The average molecular weight is 289 g/mol. The van der Waals surface area contributed by atoms with E-state index in [0.717, 1.165) is 12.1 Å². The monoisotopic (exact) mass is 289 g/mol. The molecule has 22 heavy (non-hydrogen) atoms. The maximum Gasteiger partial charge on any atom is 0.0242 e. The number of piperidine rings is 1. The summed E-state index contributed by atoms with van der Waals surface area (Å²) in [6, 6.07) is 20.1. The SMILES string of the molecule is Cc1ccc(C2CC3CCC4C2c2ccccc2CN34)cc1. The topological polar surface area (TPSA) is 3.24 Å². The number of aryl methyl sites for hydroxylation is 1. The molecule has 2 fully saturated rings. The van der Waals surface area contributed by atoms with Crippen molar-refractivity contribution in [2.75, 3.05) is 0 Å². The van der Waals surface area contributed by atoms with E-state index in [1.165, 1.54) is 31.4 Å². The molecule has 0 spiro atoms. The predicted molar refractivity (Wildman–Crippen MR) is 90.1 cm³/mol. The molecular weight excluding hydrogens is 266 g/mol. The molecule has 0 N–H and O–H groups in total. The zero-order chi connectivity index (χ0) is 14.7. The Morgan fingerprint density at radius 1 is 0.955 bits per heavy atom. The van der Waals surface area contributed by atoms with Gasteiger partial charge in [0.25, 0.3) is 0 Å². The van der Waals surface area contributed by atoms with Gasteiger partial charge in [0.2, 0.25) is 0 Å². The Morgan fingerprint density at radius 3 is 2.64 bits per heavy atom. The Morgan fingerprint density at radius 2 is 1.77 bits per heavy atom. The highest BCUT2D eigenvalue weighted by Crippen LogP contribution is 2.55. The molecule has 112 valence electrons. The van der Waals surface area contributed by atoms with E-state index in [0.29, 0.717) is 11.8 Å². The normalized spacial score (nSPS) is 35.2. The van der Waals surface area contributed by atoms with Crippen molar-refractivity contribution in [3.63, 3.8) is 0 Å². The quantitative estimate of drug-likeness (QED) is 0.741. The van der Waals surface area contributed by atoms with E-state index in [2.05, 4.69) is 60.4 Å². The number of nitrogens with zero attached hydrogens (tertiary/aromatic N) is 1. The summed E-state index contributed by atoms with van der Waals surface area (Å²) in [5.74, 6) is 1.40. The van der Waals surface area contributed by atoms with Gasteiger partial charge in [0, 0.05) is 24.5 Å². The van der Waals surface area contributed by atoms with Crippen LogP contribution in [0.3, 0.4) is 0 Å². The first kappa shape index (κ1) is 12.9. The van der Waals surface area contributed by atoms with Gasteiger partial charge in [0.15, 0.2) is 0 Å². The first-order chi connectivity index (χ1) is 10.8. The van der Waals surface area contributed by atoms with Gasteiger partial charge in [-0.25, -0.2) is 0 Å². The molecule has 0 aromatic heterocycles. The van der Waals surface area contributed by atoms with Crippen molar-refractivity contribution in [2.24, 2.45) is 0 Å². The first-order valence-corrected chi connectivity index (χ1v) is 8.71. The summed E-state index contributed by atoms with van der Waals surface area (Å²) < 4.78 is 0. The summed E-state index contributed by atoms with van der Waals surface area (Å²) in [5, 5.41) is 0. The maximum absolute atomic E-state index is 2.82. The van der Waals surface area contributed by atoms with Crippen molar-refractivity contribution in [2.45, 2.75) is 56.7 Å². The van der Waals surface area contributed by atoms with Gasteiger partial charge in [-0.05, 0) is 48.8 Å². The molecule has 2 saturated heterocycles. The third-order valence-corrected chi connectivity index (χ3v) is 6.34. The van der Waals surface area contributed by atoms with Crippen molar-refractivity contribution in [3.8, 4) is 0 Å². The number of benzene rings is 2. The summed E-state index contributed by atoms with van der Waals surface area (Å²) in [6.07, 6.45) is 4.14. The lowest BCUT2D eigenvalue weighted by atomic mass is 9.69. The standard InChI is InChI=1S/C21H23N/c1-14-6-8-15(9-7-14)19-12-17-10-11-20-21(19)18-5-3-2-4-16(18)13-22(17)20/h2-9,17,19-21H,10-13H2,1H3. The van der Waals surface area contributed by atoms with Gasteiger partial charge in [-0.15, -0.1) is 0 Å². The van der Waals surface area contributed by atoms with Gasteiger partial charge in [-0.2, -0.15) is 0 Å². The highest BCUT2D eigenvalue weighted by Gasteiger charge is 2.50. The molecule has 3 aliphatic rings. The van der Waals surface area contributed by atoms with E-state index in [1.54, 1.807) is 16.7 Å². The van der Waals surface area contributed by atoms with Gasteiger partial charge in [0.05, 0.1) is 0 Å². The van der Waals surface area contributed by atoms with E-state index in [1.807, 2.05) is 0 Å². The minimum Gasteiger partial charge on any atom is -0.293 e. The zero-order valence-electron chi connectivity index (χ0n) is 13.2. The molecule has 0 radical (unpaired) electrons. The molecule has 0 aliphatic carbocycles. The lowest BCUT2D eigenvalue weighted by Crippen LogP contribution is -2.49. The zero-order valence-corrected chi connectivity index (χ0v) is 13.2. The lowest BCUT2D eigenvalue weighted by Gasteiger charge is -2.49. The van der Waals surface area contributed by atoms with E-state index >= 15 is 0 Å². The first-order valence-electron chi connectivity index (χ1n) is 8.71. The fraction of sp³-hybridized carbons (Fsp3) is 0.429. The third kappa shape index (κ3) is 1.75. The van der Waals surface area contributed by atoms with Crippen molar-refractivity contribution >= 4 is 0 Å². The van der Waals surface area contributed by atoms with Gasteiger partial charge in [-0.3, -0.25) is 4.90 Å². The second kappa shape index (κ2) is 4.70. The van der Waals surface area contributed by atoms with Gasteiger partial charge < -0.3 is 0 Å². The Bertz CT molecular complexity index is 702. The van der Waals surface area contributed by atoms with E-state index < -0.39 is 0 Å². The summed E-state index contributed by atoms with van der Waals surface area (Å²) in [6.45, 7) is 3.37. The summed E-state index contributed by atoms with van der Waals surface area (Å²) in [7, 11) is 0. The molecule has 0 amide bonds. The molecule has 1 nitrogen and oxygen atoms in total. The average Bonchev–Trinajstić information content (AvgIpc) is 2.82. The van der Waals surface area contributed by atoms with E-state index in [-0.39, 0.29) is 0 Å². The van der Waals surface area contributed by atoms with Crippen molar-refractivity contribution in [1.82, 2.24) is 4.90 Å². The fourth-order valence-electron chi connectivity index (χ4n) is 5.34. The van der Waals surface area contributed by atoms with Crippen molar-refractivity contribution in [1.29, 1.82) is 0 Å². The second-order valence-corrected chi connectivity index (χ2v) is 7.45. The molecular formula is C21H23N. The van der Waals surface area contributed by atoms with E-state index in [4.69, 9.17) is 0 Å². The van der Waals surface area contributed by atoms with Crippen LogP contribution in [0, 0.1) is 6.92 Å². The largest absolute Gasteiger partial charge is 0.293 e. The molecule has 5 unspecified atom stereocenters. The summed E-state index contributed by atoms with van der Waals surface area (Å²) in [5.41, 5.74) is 6.14. The van der Waals surface area contributed by atoms with Crippen LogP contribution in [0.2, 0.25) is 0 Å². The molecule has 2 aromatic rings. The smallest absolute Gasteiger partial charge is 0.0242 e. The third-order valence-electron chi connectivity index (χ3n) is 6.34. The lowest BCUT2D eigenvalue weighted by molar-refractivity contribution is 0.0830. The number of rotatable bonds is 1. The molecule has 5 atom stereocenters. The number of hydrogen-bond acceptors (Lipinski definition) is 1. The van der Waals surface area contributed by atoms with Crippen molar-refractivity contribution < 1.29 is 0 Å². The van der Waals surface area contributed by atoms with Crippen LogP contribution in [0.5, 0.6) is 0 Å². The van der Waals surface area contributed by atoms with Crippen LogP contribution in [0.25, 0.3) is 0 Å². The number of hydrogen-bond donors (Lipinski definition) is 0. The molecule has 4 bridgehead atoms. The van der Waals surface area contributed by atoms with E-state index in [9.17, 15) is 0 Å². The van der Waals surface area contributed by atoms with Gasteiger partial charge >= 0.3 is 0 Å². The van der Waals surface area contributed by atoms with Crippen LogP contribution < -0.4 is 0 Å². The highest BCUT2D eigenvalue weighted by atomic mass is 15.2. The van der Waals surface area contributed by atoms with Gasteiger partial charge in [0.1, 0.15) is 0 Å². The predicted octanol–water partition coefficient (Wildman–Crippen LogP) is 4.61. The van der Waals surface area contributed by atoms with Crippen LogP contribution in [0.1, 0.15) is 53.4 Å². The molecule has 2 aromatic carbocycles. The Balaban J connectivity index is 1.64. The Labute approximate surface area is 133 Å². The van der Waals surface area contributed by atoms with Crippen molar-refractivity contribution in [3.05, 3.63) is 70.8 Å². The molecule has 1 heteroatoms. The Hall–Kier alpha value is -1.60. The second-order valence-electron chi connectivity index (χ2n) is 7.45. The highest BCUT2D eigenvalue weighted by molar-refractivity contribution is 5.41.